The average molecular weight is 382 g/mol. The molecule has 0 aromatic carbocycles. The molecular weight excluding hydrogens is 362 g/mol. The van der Waals surface area contributed by atoms with E-state index in [9.17, 15) is 8.42 Å². The topological polar surface area (TPSA) is 64.0 Å². The van der Waals surface area contributed by atoms with Crippen molar-refractivity contribution in [3.8, 4) is 0 Å². The Hall–Kier alpha value is -1.48. The molecule has 3 aromatic heterocycles. The Labute approximate surface area is 150 Å². The number of aromatic nitrogens is 2. The van der Waals surface area contributed by atoms with Gasteiger partial charge in [0.1, 0.15) is 5.82 Å². The summed E-state index contributed by atoms with van der Waals surface area (Å²) in [7, 11) is -1.90. The standard InChI is InChI=1S/C16H19N3O2S3/c1-11(2)16-17-14(9-19(16)3)24(20,21)18-15(12-6-8-22-10-12)13-5-4-7-23-13/h4-11,15,18H,1-3H3/t15-/m0/s1. The lowest BCUT2D eigenvalue weighted by Gasteiger charge is -2.15. The van der Waals surface area contributed by atoms with Gasteiger partial charge in [0.25, 0.3) is 10.0 Å². The van der Waals surface area contributed by atoms with E-state index in [4.69, 9.17) is 0 Å². The molecule has 0 bridgehead atoms. The SMILES string of the molecule is CC(C)c1nc(S(=O)(=O)N[C@@H](c2ccsc2)c2cccs2)cn1C. The van der Waals surface area contributed by atoms with Crippen LogP contribution < -0.4 is 4.72 Å². The van der Waals surface area contributed by atoms with Crippen LogP contribution in [-0.4, -0.2) is 18.0 Å². The van der Waals surface area contributed by atoms with Crippen LogP contribution in [-0.2, 0) is 17.1 Å². The fourth-order valence-electron chi connectivity index (χ4n) is 2.52. The number of nitrogens with zero attached hydrogens (tertiary/aromatic N) is 2. The molecule has 0 unspecified atom stereocenters. The molecule has 1 N–H and O–H groups in total. The predicted molar refractivity (Wildman–Crippen MR) is 98.1 cm³/mol. The number of nitrogens with one attached hydrogen (secondary N) is 1. The van der Waals surface area contributed by atoms with Gasteiger partial charge in [-0.25, -0.2) is 13.4 Å². The van der Waals surface area contributed by atoms with E-state index in [1.54, 1.807) is 22.1 Å². The first kappa shape index (κ1) is 17.3. The lowest BCUT2D eigenvalue weighted by Crippen LogP contribution is -2.29. The van der Waals surface area contributed by atoms with Gasteiger partial charge in [-0.2, -0.15) is 16.1 Å². The molecule has 5 nitrogen and oxygen atoms in total. The van der Waals surface area contributed by atoms with Crippen molar-refractivity contribution >= 4 is 32.7 Å². The minimum atomic E-state index is -3.72. The summed E-state index contributed by atoms with van der Waals surface area (Å²) in [5.41, 5.74) is 0.936. The van der Waals surface area contributed by atoms with Gasteiger partial charge in [0.15, 0.2) is 5.03 Å². The highest BCUT2D eigenvalue weighted by atomic mass is 32.2. The number of rotatable bonds is 6. The lowest BCUT2D eigenvalue weighted by molar-refractivity contribution is 0.569. The van der Waals surface area contributed by atoms with Crippen LogP contribution in [0.3, 0.4) is 0 Å². The number of sulfonamides is 1. The van der Waals surface area contributed by atoms with Crippen LogP contribution in [0.4, 0.5) is 0 Å². The molecule has 8 heteroatoms. The maximum atomic E-state index is 12.8. The van der Waals surface area contributed by atoms with Crippen LogP contribution >= 0.6 is 22.7 Å². The van der Waals surface area contributed by atoms with Crippen molar-refractivity contribution in [2.45, 2.75) is 30.8 Å². The Balaban J connectivity index is 1.96. The molecule has 128 valence electrons. The summed E-state index contributed by atoms with van der Waals surface area (Å²) in [4.78, 5) is 5.27. The molecule has 24 heavy (non-hydrogen) atoms. The molecule has 3 heterocycles. The van der Waals surface area contributed by atoms with Gasteiger partial charge >= 0.3 is 0 Å². The fourth-order valence-corrected chi connectivity index (χ4v) is 5.29. The van der Waals surface area contributed by atoms with Crippen molar-refractivity contribution in [2.24, 2.45) is 7.05 Å². The molecule has 0 saturated carbocycles. The third-order valence-electron chi connectivity index (χ3n) is 3.66. The normalized spacial score (nSPS) is 13.5. The highest BCUT2D eigenvalue weighted by Crippen LogP contribution is 2.29. The van der Waals surface area contributed by atoms with Gasteiger partial charge < -0.3 is 4.57 Å². The van der Waals surface area contributed by atoms with Crippen molar-refractivity contribution in [1.29, 1.82) is 0 Å². The minimum absolute atomic E-state index is 0.0606. The molecular formula is C16H19N3O2S3. The van der Waals surface area contributed by atoms with Crippen molar-refractivity contribution in [3.05, 3.63) is 56.8 Å². The van der Waals surface area contributed by atoms with Crippen LogP contribution in [0.15, 0.2) is 45.6 Å². The Morgan fingerprint density at radius 2 is 2.04 bits per heavy atom. The van der Waals surface area contributed by atoms with E-state index in [-0.39, 0.29) is 10.9 Å². The van der Waals surface area contributed by atoms with E-state index in [2.05, 4.69) is 9.71 Å². The molecule has 0 aliphatic rings. The Kier molecular flexibility index (Phi) is 4.91. The number of aryl methyl sites for hydroxylation is 1. The molecule has 0 saturated heterocycles. The fraction of sp³-hybridized carbons (Fsp3) is 0.312. The van der Waals surface area contributed by atoms with E-state index in [0.29, 0.717) is 0 Å². The molecule has 0 radical (unpaired) electrons. The highest BCUT2D eigenvalue weighted by molar-refractivity contribution is 7.89. The maximum Gasteiger partial charge on any atom is 0.260 e. The Morgan fingerprint density at radius 1 is 1.25 bits per heavy atom. The molecule has 0 aliphatic heterocycles. The molecule has 1 atom stereocenters. The molecule has 0 fully saturated rings. The van der Waals surface area contributed by atoms with Gasteiger partial charge in [-0.3, -0.25) is 0 Å². The second-order valence-corrected chi connectivity index (χ2v) is 9.25. The van der Waals surface area contributed by atoms with Crippen LogP contribution in [0, 0.1) is 0 Å². The predicted octanol–water partition coefficient (Wildman–Crippen LogP) is 3.73. The van der Waals surface area contributed by atoms with E-state index < -0.39 is 16.1 Å². The monoisotopic (exact) mass is 381 g/mol. The Bertz CT molecular complexity index is 860. The number of hydrogen-bond acceptors (Lipinski definition) is 5. The zero-order valence-electron chi connectivity index (χ0n) is 13.6. The number of imidazole rings is 1. The summed E-state index contributed by atoms with van der Waals surface area (Å²) in [5, 5.41) is 5.92. The second-order valence-electron chi connectivity index (χ2n) is 5.83. The van der Waals surface area contributed by atoms with E-state index in [1.165, 1.54) is 11.3 Å². The molecule has 0 aliphatic carbocycles. The van der Waals surface area contributed by atoms with Gasteiger partial charge in [0, 0.05) is 24.0 Å². The summed E-state index contributed by atoms with van der Waals surface area (Å²) < 4.78 is 30.3. The zero-order chi connectivity index (χ0) is 17.3. The lowest BCUT2D eigenvalue weighted by atomic mass is 10.1. The molecule has 3 rings (SSSR count). The number of hydrogen-bond donors (Lipinski definition) is 1. The maximum absolute atomic E-state index is 12.8. The van der Waals surface area contributed by atoms with Gasteiger partial charge in [-0.15, -0.1) is 11.3 Å². The quantitative estimate of drug-likeness (QED) is 0.707. The summed E-state index contributed by atoms with van der Waals surface area (Å²) in [6.07, 6.45) is 1.57. The largest absolute Gasteiger partial charge is 0.336 e. The Morgan fingerprint density at radius 3 is 2.58 bits per heavy atom. The average Bonchev–Trinajstić information content (AvgIpc) is 3.26. The van der Waals surface area contributed by atoms with Crippen LogP contribution in [0.5, 0.6) is 0 Å². The third kappa shape index (κ3) is 3.46. The van der Waals surface area contributed by atoms with E-state index >= 15 is 0 Å². The van der Waals surface area contributed by atoms with Crippen molar-refractivity contribution in [1.82, 2.24) is 14.3 Å². The van der Waals surface area contributed by atoms with Crippen molar-refractivity contribution in [3.63, 3.8) is 0 Å². The summed E-state index contributed by atoms with van der Waals surface area (Å²) in [5.74, 6) is 0.905. The van der Waals surface area contributed by atoms with Gasteiger partial charge in [0.2, 0.25) is 0 Å². The molecule has 0 amide bonds. The first-order valence-corrected chi connectivity index (χ1v) is 10.8. The highest BCUT2D eigenvalue weighted by Gasteiger charge is 2.27. The second kappa shape index (κ2) is 6.79. The smallest absolute Gasteiger partial charge is 0.260 e. The summed E-state index contributed by atoms with van der Waals surface area (Å²) >= 11 is 3.08. The van der Waals surface area contributed by atoms with E-state index in [1.807, 2.05) is 55.2 Å². The van der Waals surface area contributed by atoms with Crippen LogP contribution in [0.25, 0.3) is 0 Å². The molecule has 3 aromatic rings. The summed E-state index contributed by atoms with van der Waals surface area (Å²) in [6.45, 7) is 3.98. The van der Waals surface area contributed by atoms with E-state index in [0.717, 1.165) is 16.3 Å². The van der Waals surface area contributed by atoms with Crippen molar-refractivity contribution < 1.29 is 8.42 Å². The molecule has 0 spiro atoms. The summed E-state index contributed by atoms with van der Waals surface area (Å²) in [6, 6.07) is 5.40. The van der Waals surface area contributed by atoms with Gasteiger partial charge in [0.05, 0.1) is 6.04 Å². The van der Waals surface area contributed by atoms with Crippen LogP contribution in [0.1, 0.15) is 42.1 Å². The van der Waals surface area contributed by atoms with Gasteiger partial charge in [-0.1, -0.05) is 19.9 Å². The minimum Gasteiger partial charge on any atom is -0.336 e. The zero-order valence-corrected chi connectivity index (χ0v) is 16.1. The third-order valence-corrected chi connectivity index (χ3v) is 6.59. The number of thiophene rings is 2. The first-order chi connectivity index (χ1) is 11.4. The van der Waals surface area contributed by atoms with Crippen LogP contribution in [0.2, 0.25) is 0 Å². The van der Waals surface area contributed by atoms with Gasteiger partial charge in [-0.05, 0) is 33.8 Å². The van der Waals surface area contributed by atoms with Crippen molar-refractivity contribution in [2.75, 3.05) is 0 Å². The first-order valence-electron chi connectivity index (χ1n) is 7.49.